The van der Waals surface area contributed by atoms with E-state index < -0.39 is 24.0 Å². The first-order valence-electron chi connectivity index (χ1n) is 8.44. The molecule has 2 aromatic carbocycles. The standard InChI is InChI=1S/C20H22N2O5/c1-26-19(24)17(12-15-8-4-2-5-9-15)22-18(23)13-21-20(25)27-14-16-10-6-3-7-11-16/h2-11,17H,12-14H2,1H3,(H,21,25)(H,22,23). The third-order valence-corrected chi connectivity index (χ3v) is 3.71. The summed E-state index contributed by atoms with van der Waals surface area (Å²) in [7, 11) is 1.26. The zero-order valence-electron chi connectivity index (χ0n) is 15.0. The first-order chi connectivity index (χ1) is 13.1. The van der Waals surface area contributed by atoms with Crippen molar-refractivity contribution in [2.45, 2.75) is 19.1 Å². The summed E-state index contributed by atoms with van der Waals surface area (Å²) >= 11 is 0. The molecule has 0 aliphatic heterocycles. The van der Waals surface area contributed by atoms with Crippen LogP contribution in [0.15, 0.2) is 60.7 Å². The Kier molecular flexibility index (Phi) is 7.84. The van der Waals surface area contributed by atoms with Gasteiger partial charge in [0.2, 0.25) is 5.91 Å². The summed E-state index contributed by atoms with van der Waals surface area (Å²) in [5, 5.41) is 4.92. The number of hydrogen-bond donors (Lipinski definition) is 2. The molecule has 7 nitrogen and oxygen atoms in total. The number of ether oxygens (including phenoxy) is 2. The van der Waals surface area contributed by atoms with Gasteiger partial charge >= 0.3 is 12.1 Å². The zero-order valence-corrected chi connectivity index (χ0v) is 15.0. The van der Waals surface area contributed by atoms with Crippen LogP contribution < -0.4 is 10.6 Å². The van der Waals surface area contributed by atoms with E-state index >= 15 is 0 Å². The SMILES string of the molecule is COC(=O)C(Cc1ccccc1)NC(=O)CNC(=O)OCc1ccccc1. The van der Waals surface area contributed by atoms with Gasteiger partial charge in [0.05, 0.1) is 7.11 Å². The van der Waals surface area contributed by atoms with Crippen LogP contribution in [-0.4, -0.2) is 37.7 Å². The summed E-state index contributed by atoms with van der Waals surface area (Å²) in [6, 6.07) is 17.6. The first-order valence-corrected chi connectivity index (χ1v) is 8.44. The van der Waals surface area contributed by atoms with Crippen LogP contribution in [0.5, 0.6) is 0 Å². The third kappa shape index (κ3) is 7.19. The second kappa shape index (κ2) is 10.6. The van der Waals surface area contributed by atoms with Crippen LogP contribution >= 0.6 is 0 Å². The summed E-state index contributed by atoms with van der Waals surface area (Å²) in [5.41, 5.74) is 1.72. The highest BCUT2D eigenvalue weighted by Crippen LogP contribution is 2.04. The summed E-state index contributed by atoms with van der Waals surface area (Å²) < 4.78 is 9.76. The van der Waals surface area contributed by atoms with E-state index in [1.807, 2.05) is 60.7 Å². The molecule has 2 aromatic rings. The Hall–Kier alpha value is -3.35. The molecule has 1 atom stereocenters. The fraction of sp³-hybridized carbons (Fsp3) is 0.250. The van der Waals surface area contributed by atoms with Gasteiger partial charge in [0, 0.05) is 6.42 Å². The average molecular weight is 370 g/mol. The average Bonchev–Trinajstić information content (AvgIpc) is 2.71. The normalized spacial score (nSPS) is 11.1. The van der Waals surface area contributed by atoms with Crippen molar-refractivity contribution < 1.29 is 23.9 Å². The first kappa shape index (κ1) is 20.0. The minimum Gasteiger partial charge on any atom is -0.467 e. The van der Waals surface area contributed by atoms with Crippen LogP contribution in [0.3, 0.4) is 0 Å². The number of methoxy groups -OCH3 is 1. The molecule has 2 N–H and O–H groups in total. The fourth-order valence-corrected chi connectivity index (χ4v) is 2.36. The minimum atomic E-state index is -0.841. The Labute approximate surface area is 157 Å². The topological polar surface area (TPSA) is 93.7 Å². The maximum absolute atomic E-state index is 12.1. The van der Waals surface area contributed by atoms with Crippen LogP contribution in [0.4, 0.5) is 4.79 Å². The lowest BCUT2D eigenvalue weighted by atomic mass is 10.1. The van der Waals surface area contributed by atoms with Crippen LogP contribution in [0.25, 0.3) is 0 Å². The lowest BCUT2D eigenvalue weighted by Gasteiger charge is -2.17. The van der Waals surface area contributed by atoms with E-state index in [2.05, 4.69) is 10.6 Å². The van der Waals surface area contributed by atoms with Crippen molar-refractivity contribution in [2.75, 3.05) is 13.7 Å². The Bertz CT molecular complexity index is 749. The van der Waals surface area contributed by atoms with Gasteiger partial charge in [0.25, 0.3) is 0 Å². The second-order valence-corrected chi connectivity index (χ2v) is 5.75. The lowest BCUT2D eigenvalue weighted by Crippen LogP contribution is -2.47. The molecule has 0 fully saturated rings. The van der Waals surface area contributed by atoms with E-state index in [0.717, 1.165) is 11.1 Å². The quantitative estimate of drug-likeness (QED) is 0.691. The van der Waals surface area contributed by atoms with Gasteiger partial charge in [-0.3, -0.25) is 4.79 Å². The van der Waals surface area contributed by atoms with E-state index in [1.54, 1.807) is 0 Å². The van der Waals surface area contributed by atoms with Gasteiger partial charge in [0.15, 0.2) is 0 Å². The summed E-state index contributed by atoms with van der Waals surface area (Å²) in [6.45, 7) is -0.205. The van der Waals surface area contributed by atoms with E-state index in [1.165, 1.54) is 7.11 Å². The highest BCUT2D eigenvalue weighted by molar-refractivity contribution is 5.87. The Morgan fingerprint density at radius 3 is 2.11 bits per heavy atom. The molecule has 142 valence electrons. The van der Waals surface area contributed by atoms with Crippen molar-refractivity contribution in [3.05, 3.63) is 71.8 Å². The molecule has 0 spiro atoms. The van der Waals surface area contributed by atoms with Gasteiger partial charge in [-0.05, 0) is 11.1 Å². The highest BCUT2D eigenvalue weighted by Gasteiger charge is 2.22. The lowest BCUT2D eigenvalue weighted by molar-refractivity contribution is -0.144. The van der Waals surface area contributed by atoms with Gasteiger partial charge < -0.3 is 20.1 Å². The van der Waals surface area contributed by atoms with Crippen LogP contribution in [0.1, 0.15) is 11.1 Å². The number of hydrogen-bond acceptors (Lipinski definition) is 5. The molecule has 0 aliphatic rings. The molecule has 0 saturated carbocycles. The Morgan fingerprint density at radius 2 is 1.52 bits per heavy atom. The minimum absolute atomic E-state index is 0.104. The number of esters is 1. The molecular formula is C20H22N2O5. The largest absolute Gasteiger partial charge is 0.467 e. The van der Waals surface area contributed by atoms with E-state index in [-0.39, 0.29) is 19.6 Å². The maximum atomic E-state index is 12.1. The summed E-state index contributed by atoms with van der Waals surface area (Å²) in [4.78, 5) is 35.6. The van der Waals surface area contributed by atoms with E-state index in [9.17, 15) is 14.4 Å². The molecule has 0 heterocycles. The predicted molar refractivity (Wildman–Crippen MR) is 98.7 cm³/mol. The maximum Gasteiger partial charge on any atom is 0.407 e. The highest BCUT2D eigenvalue weighted by atomic mass is 16.5. The Morgan fingerprint density at radius 1 is 0.926 bits per heavy atom. The molecule has 7 heteroatoms. The van der Waals surface area contributed by atoms with Gasteiger partial charge in [-0.25, -0.2) is 9.59 Å². The molecule has 27 heavy (non-hydrogen) atoms. The Balaban J connectivity index is 1.79. The smallest absolute Gasteiger partial charge is 0.407 e. The van der Waals surface area contributed by atoms with Crippen molar-refractivity contribution in [3.8, 4) is 0 Å². The molecule has 0 bridgehead atoms. The number of alkyl carbamates (subject to hydrolysis) is 1. The fourth-order valence-electron chi connectivity index (χ4n) is 2.36. The number of amides is 2. The van der Waals surface area contributed by atoms with Crippen molar-refractivity contribution in [1.82, 2.24) is 10.6 Å². The molecule has 0 aliphatic carbocycles. The molecule has 0 saturated heterocycles. The van der Waals surface area contributed by atoms with Crippen molar-refractivity contribution in [2.24, 2.45) is 0 Å². The summed E-state index contributed by atoms with van der Waals surface area (Å²) in [5.74, 6) is -1.07. The molecule has 0 radical (unpaired) electrons. The number of rotatable bonds is 8. The van der Waals surface area contributed by atoms with Crippen LogP contribution in [-0.2, 0) is 32.1 Å². The van der Waals surface area contributed by atoms with E-state index in [4.69, 9.17) is 9.47 Å². The van der Waals surface area contributed by atoms with Gasteiger partial charge in [-0.1, -0.05) is 60.7 Å². The van der Waals surface area contributed by atoms with Gasteiger partial charge in [-0.15, -0.1) is 0 Å². The van der Waals surface area contributed by atoms with Crippen LogP contribution in [0.2, 0.25) is 0 Å². The second-order valence-electron chi connectivity index (χ2n) is 5.75. The molecule has 2 amide bonds. The summed E-state index contributed by atoms with van der Waals surface area (Å²) in [6.07, 6.45) is -0.427. The monoisotopic (exact) mass is 370 g/mol. The number of carbonyl (C=O) groups excluding carboxylic acids is 3. The predicted octanol–water partition coefficient (Wildman–Crippen LogP) is 1.81. The molecular weight excluding hydrogens is 348 g/mol. The van der Waals surface area contributed by atoms with Crippen molar-refractivity contribution >= 4 is 18.0 Å². The van der Waals surface area contributed by atoms with Crippen molar-refractivity contribution in [3.63, 3.8) is 0 Å². The van der Waals surface area contributed by atoms with Crippen molar-refractivity contribution in [1.29, 1.82) is 0 Å². The zero-order chi connectivity index (χ0) is 19.5. The molecule has 2 rings (SSSR count). The molecule has 1 unspecified atom stereocenters. The number of carbonyl (C=O) groups is 3. The molecule has 0 aromatic heterocycles. The van der Waals surface area contributed by atoms with Crippen LogP contribution in [0, 0.1) is 0 Å². The third-order valence-electron chi connectivity index (χ3n) is 3.71. The number of benzene rings is 2. The van der Waals surface area contributed by atoms with E-state index in [0.29, 0.717) is 0 Å². The number of nitrogens with one attached hydrogen (secondary N) is 2. The van der Waals surface area contributed by atoms with Gasteiger partial charge in [0.1, 0.15) is 19.2 Å². The van der Waals surface area contributed by atoms with Gasteiger partial charge in [-0.2, -0.15) is 0 Å².